The van der Waals surface area contributed by atoms with E-state index < -0.39 is 0 Å². The Morgan fingerprint density at radius 1 is 1.31 bits per heavy atom. The molecule has 0 saturated heterocycles. The molecule has 0 spiro atoms. The second kappa shape index (κ2) is 7.84. The van der Waals surface area contributed by atoms with Crippen molar-refractivity contribution < 1.29 is 14.3 Å². The van der Waals surface area contributed by atoms with Gasteiger partial charge in [-0.2, -0.15) is 0 Å². The first-order valence-electron chi connectivity index (χ1n) is 5.22. The van der Waals surface area contributed by atoms with Gasteiger partial charge in [-0.05, 0) is 5.56 Å². The molecule has 1 rings (SSSR count). The molecule has 0 amide bonds. The minimum atomic E-state index is -0.261. The van der Waals surface area contributed by atoms with Gasteiger partial charge in [0, 0.05) is 6.54 Å². The van der Waals surface area contributed by atoms with E-state index in [1.165, 1.54) is 7.11 Å². The third-order valence-electron chi connectivity index (χ3n) is 2.03. The van der Waals surface area contributed by atoms with Gasteiger partial charge in [-0.25, -0.2) is 0 Å². The number of nitrogens with one attached hydrogen (secondary N) is 1. The first kappa shape index (κ1) is 12.7. The van der Waals surface area contributed by atoms with Gasteiger partial charge in [0.15, 0.2) is 0 Å². The van der Waals surface area contributed by atoms with Crippen molar-refractivity contribution in [2.24, 2.45) is 0 Å². The zero-order chi connectivity index (χ0) is 11.6. The van der Waals surface area contributed by atoms with Crippen molar-refractivity contribution >= 4 is 5.97 Å². The first-order chi connectivity index (χ1) is 7.83. The number of carbonyl (C=O) groups is 1. The van der Waals surface area contributed by atoms with Crippen molar-refractivity contribution in [1.29, 1.82) is 0 Å². The number of carbonyl (C=O) groups excluding carboxylic acids is 1. The van der Waals surface area contributed by atoms with Gasteiger partial charge in [0.1, 0.15) is 0 Å². The Bertz CT molecular complexity index is 300. The first-order valence-corrected chi connectivity index (χ1v) is 5.22. The molecule has 1 aromatic rings. The molecule has 0 atom stereocenters. The minimum Gasteiger partial charge on any atom is -0.468 e. The Kier molecular flexibility index (Phi) is 6.22. The molecular weight excluding hydrogens is 206 g/mol. The van der Waals surface area contributed by atoms with Crippen molar-refractivity contribution in [1.82, 2.24) is 5.32 Å². The highest BCUT2D eigenvalue weighted by molar-refractivity contribution is 5.71. The van der Waals surface area contributed by atoms with E-state index in [1.54, 1.807) is 0 Å². The molecule has 0 aromatic heterocycles. The van der Waals surface area contributed by atoms with Crippen molar-refractivity contribution in [3.8, 4) is 0 Å². The molecular formula is C12H17NO3. The number of ether oxygens (including phenoxy) is 2. The largest absolute Gasteiger partial charge is 0.468 e. The standard InChI is InChI=1S/C12H17NO3/c1-15-12(14)9-13-7-8-16-10-11-5-3-2-4-6-11/h2-6,13H,7-10H2,1H3. The van der Waals surface area contributed by atoms with Gasteiger partial charge in [-0.3, -0.25) is 4.79 Å². The van der Waals surface area contributed by atoms with Gasteiger partial charge in [0.05, 0.1) is 26.9 Å². The molecule has 0 aliphatic heterocycles. The van der Waals surface area contributed by atoms with Crippen LogP contribution in [0.3, 0.4) is 0 Å². The highest BCUT2D eigenvalue weighted by Crippen LogP contribution is 1.99. The number of rotatable bonds is 7. The smallest absolute Gasteiger partial charge is 0.319 e. The molecule has 0 radical (unpaired) electrons. The third kappa shape index (κ3) is 5.48. The number of methoxy groups -OCH3 is 1. The van der Waals surface area contributed by atoms with E-state index in [9.17, 15) is 4.79 Å². The number of benzene rings is 1. The molecule has 16 heavy (non-hydrogen) atoms. The van der Waals surface area contributed by atoms with Crippen LogP contribution in [0.2, 0.25) is 0 Å². The lowest BCUT2D eigenvalue weighted by molar-refractivity contribution is -0.139. The highest BCUT2D eigenvalue weighted by Gasteiger charge is 1.97. The van der Waals surface area contributed by atoms with Crippen molar-refractivity contribution in [2.45, 2.75) is 6.61 Å². The van der Waals surface area contributed by atoms with Crippen LogP contribution in [0.4, 0.5) is 0 Å². The Morgan fingerprint density at radius 3 is 2.75 bits per heavy atom. The van der Waals surface area contributed by atoms with Crippen LogP contribution < -0.4 is 5.32 Å². The Balaban J connectivity index is 1.98. The SMILES string of the molecule is COC(=O)CNCCOCc1ccccc1. The predicted octanol–water partition coefficient (Wildman–Crippen LogP) is 0.966. The molecule has 4 heteroatoms. The average molecular weight is 223 g/mol. The van der Waals surface area contributed by atoms with Gasteiger partial charge in [0.25, 0.3) is 0 Å². The van der Waals surface area contributed by atoms with Crippen molar-refractivity contribution in [3.63, 3.8) is 0 Å². The summed E-state index contributed by atoms with van der Waals surface area (Å²) < 4.78 is 9.90. The lowest BCUT2D eigenvalue weighted by atomic mass is 10.2. The normalized spacial score (nSPS) is 10.1. The Morgan fingerprint density at radius 2 is 2.06 bits per heavy atom. The molecule has 0 aliphatic rings. The molecule has 4 nitrogen and oxygen atoms in total. The quantitative estimate of drug-likeness (QED) is 0.552. The lowest BCUT2D eigenvalue weighted by Crippen LogP contribution is -2.27. The fourth-order valence-corrected chi connectivity index (χ4v) is 1.17. The van der Waals surface area contributed by atoms with Crippen LogP contribution in [0.5, 0.6) is 0 Å². The third-order valence-corrected chi connectivity index (χ3v) is 2.03. The zero-order valence-electron chi connectivity index (χ0n) is 9.44. The van der Waals surface area contributed by atoms with E-state index in [1.807, 2.05) is 30.3 Å². The summed E-state index contributed by atoms with van der Waals surface area (Å²) in [5.74, 6) is -0.261. The predicted molar refractivity (Wildman–Crippen MR) is 61.0 cm³/mol. The van der Waals surface area contributed by atoms with E-state index in [-0.39, 0.29) is 12.5 Å². The Hall–Kier alpha value is -1.39. The molecule has 0 heterocycles. The molecule has 0 fully saturated rings. The summed E-state index contributed by atoms with van der Waals surface area (Å²) in [5.41, 5.74) is 1.15. The summed E-state index contributed by atoms with van der Waals surface area (Å²) in [7, 11) is 1.37. The fourth-order valence-electron chi connectivity index (χ4n) is 1.17. The van der Waals surface area contributed by atoms with E-state index in [4.69, 9.17) is 4.74 Å². The van der Waals surface area contributed by atoms with Gasteiger partial charge in [0.2, 0.25) is 0 Å². The monoisotopic (exact) mass is 223 g/mol. The van der Waals surface area contributed by atoms with Crippen LogP contribution >= 0.6 is 0 Å². The van der Waals surface area contributed by atoms with E-state index >= 15 is 0 Å². The minimum absolute atomic E-state index is 0.227. The summed E-state index contributed by atoms with van der Waals surface area (Å²) in [4.78, 5) is 10.7. The average Bonchev–Trinajstić information content (AvgIpc) is 2.34. The van der Waals surface area contributed by atoms with E-state index in [0.717, 1.165) is 5.56 Å². The van der Waals surface area contributed by atoms with Crippen LogP contribution in [-0.4, -0.2) is 32.8 Å². The molecule has 0 unspecified atom stereocenters. The highest BCUT2D eigenvalue weighted by atomic mass is 16.5. The summed E-state index contributed by atoms with van der Waals surface area (Å²) in [6, 6.07) is 9.97. The maximum atomic E-state index is 10.7. The van der Waals surface area contributed by atoms with Crippen LogP contribution in [0.25, 0.3) is 0 Å². The topological polar surface area (TPSA) is 47.6 Å². The van der Waals surface area contributed by atoms with Gasteiger partial charge in [-0.1, -0.05) is 30.3 Å². The van der Waals surface area contributed by atoms with Crippen LogP contribution in [0.1, 0.15) is 5.56 Å². The summed E-state index contributed by atoms with van der Waals surface area (Å²) >= 11 is 0. The second-order valence-corrected chi connectivity index (χ2v) is 3.29. The lowest BCUT2D eigenvalue weighted by Gasteiger charge is -2.05. The van der Waals surface area contributed by atoms with Gasteiger partial charge in [-0.15, -0.1) is 0 Å². The van der Waals surface area contributed by atoms with E-state index in [2.05, 4.69) is 10.1 Å². The second-order valence-electron chi connectivity index (χ2n) is 3.29. The molecule has 88 valence electrons. The summed E-state index contributed by atoms with van der Waals surface area (Å²) in [6.07, 6.45) is 0. The summed E-state index contributed by atoms with van der Waals surface area (Å²) in [6.45, 7) is 2.04. The molecule has 0 bridgehead atoms. The number of hydrogen-bond donors (Lipinski definition) is 1. The van der Waals surface area contributed by atoms with Crippen LogP contribution in [-0.2, 0) is 20.9 Å². The van der Waals surface area contributed by atoms with Crippen molar-refractivity contribution in [3.05, 3.63) is 35.9 Å². The number of esters is 1. The van der Waals surface area contributed by atoms with Crippen LogP contribution in [0.15, 0.2) is 30.3 Å². The van der Waals surface area contributed by atoms with Crippen LogP contribution in [0, 0.1) is 0 Å². The summed E-state index contributed by atoms with van der Waals surface area (Å²) in [5, 5.41) is 2.92. The molecule has 0 aliphatic carbocycles. The van der Waals surface area contributed by atoms with E-state index in [0.29, 0.717) is 19.8 Å². The molecule has 1 N–H and O–H groups in total. The maximum absolute atomic E-state index is 10.7. The zero-order valence-corrected chi connectivity index (χ0v) is 9.44. The fraction of sp³-hybridized carbons (Fsp3) is 0.417. The Labute approximate surface area is 95.6 Å². The molecule has 0 saturated carbocycles. The van der Waals surface area contributed by atoms with Gasteiger partial charge < -0.3 is 14.8 Å². The maximum Gasteiger partial charge on any atom is 0.319 e. The number of hydrogen-bond acceptors (Lipinski definition) is 4. The van der Waals surface area contributed by atoms with Gasteiger partial charge >= 0.3 is 5.97 Å². The van der Waals surface area contributed by atoms with Crippen molar-refractivity contribution in [2.75, 3.05) is 26.8 Å². The molecule has 1 aromatic carbocycles.